The average molecular weight is 243 g/mol. The van der Waals surface area contributed by atoms with Gasteiger partial charge in [-0.05, 0) is 30.4 Å². The van der Waals surface area contributed by atoms with Crippen LogP contribution in [-0.4, -0.2) is 37.2 Å². The highest BCUT2D eigenvalue weighted by Gasteiger charge is 2.40. The number of aryl methyl sites for hydroxylation is 1. The van der Waals surface area contributed by atoms with Crippen molar-refractivity contribution in [3.63, 3.8) is 0 Å². The monoisotopic (exact) mass is 243 g/mol. The molecule has 18 heavy (non-hydrogen) atoms. The number of hydrogen-bond donors (Lipinski definition) is 0. The molecule has 0 spiro atoms. The molecule has 0 N–H and O–H groups in total. The molecule has 3 aliphatic rings. The Morgan fingerprint density at radius 2 is 1.72 bits per heavy atom. The highest BCUT2D eigenvalue weighted by atomic mass is 16.5. The third-order valence-electron chi connectivity index (χ3n) is 5.11. The summed E-state index contributed by atoms with van der Waals surface area (Å²) in [6.07, 6.45) is 3.87. The van der Waals surface area contributed by atoms with Crippen molar-refractivity contribution in [2.24, 2.45) is 11.8 Å². The number of nitrogens with zero attached hydrogens (tertiary/aromatic N) is 1. The van der Waals surface area contributed by atoms with Gasteiger partial charge in [0.2, 0.25) is 0 Å². The van der Waals surface area contributed by atoms with Gasteiger partial charge in [0.15, 0.2) is 0 Å². The Bertz CT molecular complexity index is 432. The molecule has 2 heteroatoms. The van der Waals surface area contributed by atoms with E-state index in [-0.39, 0.29) is 0 Å². The van der Waals surface area contributed by atoms with Gasteiger partial charge in [-0.25, -0.2) is 0 Å². The first-order valence-electron chi connectivity index (χ1n) is 7.29. The first-order valence-corrected chi connectivity index (χ1v) is 7.29. The van der Waals surface area contributed by atoms with Crippen LogP contribution in [0.2, 0.25) is 0 Å². The third-order valence-corrected chi connectivity index (χ3v) is 5.11. The minimum atomic E-state index is 0.783. The molecule has 1 aliphatic carbocycles. The van der Waals surface area contributed by atoms with Gasteiger partial charge < -0.3 is 4.74 Å². The second-order valence-electron chi connectivity index (χ2n) is 6.18. The zero-order valence-corrected chi connectivity index (χ0v) is 10.8. The summed E-state index contributed by atoms with van der Waals surface area (Å²) in [4.78, 5) is 2.74. The lowest BCUT2D eigenvalue weighted by atomic mass is 9.87. The van der Waals surface area contributed by atoms with Crippen molar-refractivity contribution in [2.75, 3.05) is 26.3 Å². The normalized spacial score (nSPS) is 35.4. The van der Waals surface area contributed by atoms with Crippen molar-refractivity contribution in [1.82, 2.24) is 4.90 Å². The van der Waals surface area contributed by atoms with Gasteiger partial charge in [0.25, 0.3) is 0 Å². The minimum Gasteiger partial charge on any atom is -0.381 e. The summed E-state index contributed by atoms with van der Waals surface area (Å²) in [6.45, 7) is 4.56. The second-order valence-corrected chi connectivity index (χ2v) is 6.18. The smallest absolute Gasteiger partial charge is 0.0510 e. The van der Waals surface area contributed by atoms with Crippen molar-refractivity contribution in [3.8, 4) is 0 Å². The maximum atomic E-state index is 5.58. The van der Waals surface area contributed by atoms with Gasteiger partial charge in [0.1, 0.15) is 0 Å². The molecule has 0 radical (unpaired) electrons. The van der Waals surface area contributed by atoms with E-state index in [0.717, 1.165) is 31.1 Å². The van der Waals surface area contributed by atoms with E-state index < -0.39 is 0 Å². The molecule has 0 bridgehead atoms. The predicted molar refractivity (Wildman–Crippen MR) is 71.6 cm³/mol. The van der Waals surface area contributed by atoms with E-state index in [2.05, 4.69) is 29.2 Å². The lowest BCUT2D eigenvalue weighted by molar-refractivity contribution is 0.134. The zero-order valence-electron chi connectivity index (χ0n) is 10.8. The molecule has 2 heterocycles. The molecule has 1 aromatic rings. The Morgan fingerprint density at radius 3 is 2.50 bits per heavy atom. The maximum Gasteiger partial charge on any atom is 0.0510 e. The van der Waals surface area contributed by atoms with Crippen molar-refractivity contribution in [3.05, 3.63) is 35.4 Å². The van der Waals surface area contributed by atoms with Crippen molar-refractivity contribution in [2.45, 2.75) is 25.3 Å². The standard InChI is InChI=1S/C16H21NO/c1-2-4-13-7-16(6-5-12(13)3-1)17-8-14-10-18-11-15(14)9-17/h1-4,14-16H,5-11H2/t14?,15?,16-/m0/s1. The summed E-state index contributed by atoms with van der Waals surface area (Å²) in [5, 5.41) is 0. The van der Waals surface area contributed by atoms with Gasteiger partial charge in [0.05, 0.1) is 13.2 Å². The molecule has 2 saturated heterocycles. The van der Waals surface area contributed by atoms with Crippen LogP contribution in [0.15, 0.2) is 24.3 Å². The highest BCUT2D eigenvalue weighted by molar-refractivity contribution is 5.30. The number of fused-ring (bicyclic) bond motifs is 2. The fourth-order valence-corrected chi connectivity index (χ4v) is 4.01. The summed E-state index contributed by atoms with van der Waals surface area (Å²) >= 11 is 0. The van der Waals surface area contributed by atoms with Gasteiger partial charge in [-0.2, -0.15) is 0 Å². The van der Waals surface area contributed by atoms with E-state index in [9.17, 15) is 0 Å². The van der Waals surface area contributed by atoms with Crippen LogP contribution in [-0.2, 0) is 17.6 Å². The number of hydrogen-bond acceptors (Lipinski definition) is 2. The van der Waals surface area contributed by atoms with Crippen molar-refractivity contribution < 1.29 is 4.74 Å². The summed E-state index contributed by atoms with van der Waals surface area (Å²) in [5.41, 5.74) is 3.17. The van der Waals surface area contributed by atoms with Crippen LogP contribution in [0.3, 0.4) is 0 Å². The molecule has 2 nitrogen and oxygen atoms in total. The number of likely N-dealkylation sites (tertiary alicyclic amines) is 1. The Kier molecular flexibility index (Phi) is 2.66. The van der Waals surface area contributed by atoms with E-state index in [0.29, 0.717) is 0 Å². The number of ether oxygens (including phenoxy) is 1. The van der Waals surface area contributed by atoms with E-state index in [4.69, 9.17) is 4.74 Å². The zero-order chi connectivity index (χ0) is 11.9. The first kappa shape index (κ1) is 11.0. The molecule has 4 rings (SSSR count). The van der Waals surface area contributed by atoms with Crippen LogP contribution in [0.1, 0.15) is 17.5 Å². The van der Waals surface area contributed by atoms with Crippen LogP contribution >= 0.6 is 0 Å². The number of benzene rings is 1. The summed E-state index contributed by atoms with van der Waals surface area (Å²) in [6, 6.07) is 9.77. The SMILES string of the molecule is c1ccc2c(c1)CC[C@H](N1CC3COCC3C1)C2. The van der Waals surface area contributed by atoms with Crippen LogP contribution < -0.4 is 0 Å². The van der Waals surface area contributed by atoms with E-state index >= 15 is 0 Å². The largest absolute Gasteiger partial charge is 0.381 e. The quantitative estimate of drug-likeness (QED) is 0.749. The van der Waals surface area contributed by atoms with Gasteiger partial charge >= 0.3 is 0 Å². The molecule has 96 valence electrons. The topological polar surface area (TPSA) is 12.5 Å². The van der Waals surface area contributed by atoms with Crippen molar-refractivity contribution >= 4 is 0 Å². The average Bonchev–Trinajstić information content (AvgIpc) is 2.99. The van der Waals surface area contributed by atoms with Gasteiger partial charge in [-0.15, -0.1) is 0 Å². The molecular weight excluding hydrogens is 222 g/mol. The molecule has 0 aromatic heterocycles. The molecule has 3 atom stereocenters. The van der Waals surface area contributed by atoms with Crippen LogP contribution in [0.4, 0.5) is 0 Å². The van der Waals surface area contributed by atoms with Crippen molar-refractivity contribution in [1.29, 1.82) is 0 Å². The van der Waals surface area contributed by atoms with Gasteiger partial charge in [0, 0.05) is 31.0 Å². The lowest BCUT2D eigenvalue weighted by Gasteiger charge is -2.32. The summed E-state index contributed by atoms with van der Waals surface area (Å²) in [5.74, 6) is 1.64. The molecule has 1 aromatic carbocycles. The minimum absolute atomic E-state index is 0.783. The van der Waals surface area contributed by atoms with E-state index in [1.807, 2.05) is 0 Å². The highest BCUT2D eigenvalue weighted by Crippen LogP contribution is 2.33. The molecule has 2 unspecified atom stereocenters. The van der Waals surface area contributed by atoms with Crippen LogP contribution in [0.25, 0.3) is 0 Å². The Morgan fingerprint density at radius 1 is 1.00 bits per heavy atom. The summed E-state index contributed by atoms with van der Waals surface area (Å²) < 4.78 is 5.58. The predicted octanol–water partition coefficient (Wildman–Crippen LogP) is 2.12. The molecule has 0 saturated carbocycles. The molecule has 0 amide bonds. The maximum absolute atomic E-state index is 5.58. The van der Waals surface area contributed by atoms with Gasteiger partial charge in [-0.1, -0.05) is 24.3 Å². The fourth-order valence-electron chi connectivity index (χ4n) is 4.01. The second kappa shape index (κ2) is 4.36. The Balaban J connectivity index is 1.48. The van der Waals surface area contributed by atoms with E-state index in [1.165, 1.54) is 32.4 Å². The Labute approximate surface area is 109 Å². The lowest BCUT2D eigenvalue weighted by Crippen LogP contribution is -2.38. The molecular formula is C16H21NO. The molecule has 2 aliphatic heterocycles. The summed E-state index contributed by atoms with van der Waals surface area (Å²) in [7, 11) is 0. The Hall–Kier alpha value is -0.860. The molecule has 2 fully saturated rings. The number of rotatable bonds is 1. The van der Waals surface area contributed by atoms with Crippen LogP contribution in [0.5, 0.6) is 0 Å². The van der Waals surface area contributed by atoms with E-state index in [1.54, 1.807) is 11.1 Å². The third kappa shape index (κ3) is 1.79. The fraction of sp³-hybridized carbons (Fsp3) is 0.625. The first-order chi connectivity index (χ1) is 8.90. The van der Waals surface area contributed by atoms with Crippen LogP contribution in [0, 0.1) is 11.8 Å². The van der Waals surface area contributed by atoms with Gasteiger partial charge in [-0.3, -0.25) is 4.90 Å².